The van der Waals surface area contributed by atoms with Crippen LogP contribution in [0.25, 0.3) is 0 Å². The van der Waals surface area contributed by atoms with E-state index in [9.17, 15) is 4.79 Å². The molecule has 0 spiro atoms. The number of hydrogen-bond donors (Lipinski definition) is 1. The van der Waals surface area contributed by atoms with Gasteiger partial charge in [-0.25, -0.2) is 0 Å². The molecular formula is C15H20N2O3. The van der Waals surface area contributed by atoms with Crippen molar-refractivity contribution in [2.24, 2.45) is 11.1 Å². The maximum atomic E-state index is 12.3. The summed E-state index contributed by atoms with van der Waals surface area (Å²) in [4.78, 5) is 14.1. The molecule has 108 valence electrons. The number of ether oxygens (including phenoxy) is 2. The number of carbonyl (C=O) groups excluding carboxylic acids is 1. The van der Waals surface area contributed by atoms with Crippen molar-refractivity contribution >= 4 is 5.91 Å². The van der Waals surface area contributed by atoms with Gasteiger partial charge in [-0.2, -0.15) is 0 Å². The Morgan fingerprint density at radius 2 is 2.00 bits per heavy atom. The van der Waals surface area contributed by atoms with Gasteiger partial charge in [-0.05, 0) is 30.5 Å². The van der Waals surface area contributed by atoms with Crippen molar-refractivity contribution in [2.45, 2.75) is 19.4 Å². The molecule has 0 bridgehead atoms. The second-order valence-corrected chi connectivity index (χ2v) is 5.62. The van der Waals surface area contributed by atoms with E-state index in [0.717, 1.165) is 29.9 Å². The molecule has 1 aliphatic carbocycles. The Bertz CT molecular complexity index is 526. The Balaban J connectivity index is 1.70. The molecule has 20 heavy (non-hydrogen) atoms. The molecule has 1 fully saturated rings. The van der Waals surface area contributed by atoms with Crippen LogP contribution in [0.5, 0.6) is 11.5 Å². The van der Waals surface area contributed by atoms with Crippen LogP contribution in [0.1, 0.15) is 18.4 Å². The maximum absolute atomic E-state index is 12.3. The lowest BCUT2D eigenvalue weighted by atomic mass is 10.1. The fraction of sp³-hybridized carbons (Fsp3) is 0.533. The van der Waals surface area contributed by atoms with E-state index in [-0.39, 0.29) is 11.3 Å². The summed E-state index contributed by atoms with van der Waals surface area (Å²) in [6.07, 6.45) is 1.82. The first-order chi connectivity index (χ1) is 9.64. The van der Waals surface area contributed by atoms with E-state index in [4.69, 9.17) is 15.2 Å². The second-order valence-electron chi connectivity index (χ2n) is 5.62. The lowest BCUT2D eigenvalue weighted by Gasteiger charge is -2.24. The number of nitrogens with zero attached hydrogens (tertiary/aromatic N) is 1. The van der Waals surface area contributed by atoms with Gasteiger partial charge in [0.25, 0.3) is 0 Å². The van der Waals surface area contributed by atoms with Gasteiger partial charge in [-0.3, -0.25) is 4.79 Å². The number of hydrogen-bond acceptors (Lipinski definition) is 4. The van der Waals surface area contributed by atoms with Crippen LogP contribution in [0, 0.1) is 5.41 Å². The first-order valence-corrected chi connectivity index (χ1v) is 6.99. The Morgan fingerprint density at radius 3 is 2.65 bits per heavy atom. The molecule has 5 nitrogen and oxygen atoms in total. The molecule has 0 saturated heterocycles. The van der Waals surface area contributed by atoms with Crippen molar-refractivity contribution in [3.63, 3.8) is 0 Å². The van der Waals surface area contributed by atoms with E-state index in [0.29, 0.717) is 26.3 Å². The van der Waals surface area contributed by atoms with Crippen LogP contribution in [0.3, 0.4) is 0 Å². The highest BCUT2D eigenvalue weighted by atomic mass is 16.6. The SMILES string of the molecule is CN(Cc1ccc2c(c1)OCCO2)C(=O)C1(CN)CC1. The fourth-order valence-electron chi connectivity index (χ4n) is 2.59. The lowest BCUT2D eigenvalue weighted by Crippen LogP contribution is -2.37. The third-order valence-electron chi connectivity index (χ3n) is 4.07. The molecule has 1 amide bonds. The highest BCUT2D eigenvalue weighted by molar-refractivity contribution is 5.85. The minimum atomic E-state index is -0.289. The number of nitrogens with two attached hydrogens (primary N) is 1. The van der Waals surface area contributed by atoms with Crippen molar-refractivity contribution < 1.29 is 14.3 Å². The first kappa shape index (κ1) is 13.2. The molecule has 2 N–H and O–H groups in total. The number of carbonyl (C=O) groups is 1. The largest absolute Gasteiger partial charge is 0.486 e. The Labute approximate surface area is 118 Å². The minimum Gasteiger partial charge on any atom is -0.486 e. The summed E-state index contributed by atoms with van der Waals surface area (Å²) < 4.78 is 11.0. The summed E-state index contributed by atoms with van der Waals surface area (Å²) in [7, 11) is 1.83. The number of amides is 1. The van der Waals surface area contributed by atoms with E-state index in [1.807, 2.05) is 25.2 Å². The van der Waals surface area contributed by atoms with Gasteiger partial charge in [0.05, 0.1) is 5.41 Å². The van der Waals surface area contributed by atoms with Gasteiger partial charge in [-0.1, -0.05) is 6.07 Å². The summed E-state index contributed by atoms with van der Waals surface area (Å²) in [5, 5.41) is 0. The van der Waals surface area contributed by atoms with Crippen LogP contribution in [-0.4, -0.2) is 37.6 Å². The zero-order chi connectivity index (χ0) is 14.2. The standard InChI is InChI=1S/C15H20N2O3/c1-17(14(18)15(10-16)4-5-15)9-11-2-3-12-13(8-11)20-7-6-19-12/h2-3,8H,4-7,9-10,16H2,1H3. The smallest absolute Gasteiger partial charge is 0.230 e. The summed E-state index contributed by atoms with van der Waals surface area (Å²) in [5.74, 6) is 1.68. The molecule has 1 aromatic rings. The molecule has 5 heteroatoms. The van der Waals surface area contributed by atoms with Crippen LogP contribution in [-0.2, 0) is 11.3 Å². The molecule has 1 aromatic carbocycles. The fourth-order valence-corrected chi connectivity index (χ4v) is 2.59. The zero-order valence-corrected chi connectivity index (χ0v) is 11.7. The third-order valence-corrected chi connectivity index (χ3v) is 4.07. The van der Waals surface area contributed by atoms with Crippen LogP contribution in [0.4, 0.5) is 0 Å². The molecule has 0 aromatic heterocycles. The topological polar surface area (TPSA) is 64.8 Å². The summed E-state index contributed by atoms with van der Waals surface area (Å²) in [6, 6.07) is 5.82. The van der Waals surface area contributed by atoms with Gasteiger partial charge >= 0.3 is 0 Å². The summed E-state index contributed by atoms with van der Waals surface area (Å²) in [5.41, 5.74) is 6.46. The molecule has 1 heterocycles. The minimum absolute atomic E-state index is 0.148. The molecule has 0 radical (unpaired) electrons. The van der Waals surface area contributed by atoms with Crippen molar-refractivity contribution in [1.29, 1.82) is 0 Å². The van der Waals surface area contributed by atoms with Gasteiger partial charge in [0.15, 0.2) is 11.5 Å². The Hall–Kier alpha value is -1.75. The van der Waals surface area contributed by atoms with E-state index >= 15 is 0 Å². The van der Waals surface area contributed by atoms with Gasteiger partial charge in [-0.15, -0.1) is 0 Å². The molecule has 0 atom stereocenters. The predicted octanol–water partition coefficient (Wildman–Crippen LogP) is 1.16. The molecule has 1 aliphatic heterocycles. The van der Waals surface area contributed by atoms with E-state index in [2.05, 4.69) is 0 Å². The van der Waals surface area contributed by atoms with Gasteiger partial charge in [0, 0.05) is 20.1 Å². The lowest BCUT2D eigenvalue weighted by molar-refractivity contribution is -0.135. The average Bonchev–Trinajstić information content (AvgIpc) is 3.27. The van der Waals surface area contributed by atoms with Crippen LogP contribution in [0.2, 0.25) is 0 Å². The van der Waals surface area contributed by atoms with E-state index < -0.39 is 0 Å². The molecule has 0 unspecified atom stereocenters. The van der Waals surface area contributed by atoms with Crippen molar-refractivity contribution in [2.75, 3.05) is 26.8 Å². The normalized spacial score (nSPS) is 18.5. The van der Waals surface area contributed by atoms with Crippen molar-refractivity contribution in [3.05, 3.63) is 23.8 Å². The van der Waals surface area contributed by atoms with Crippen LogP contribution in [0.15, 0.2) is 18.2 Å². The number of benzene rings is 1. The van der Waals surface area contributed by atoms with E-state index in [1.165, 1.54) is 0 Å². The van der Waals surface area contributed by atoms with Gasteiger partial charge < -0.3 is 20.1 Å². The molecule has 2 aliphatic rings. The third kappa shape index (κ3) is 2.33. The van der Waals surface area contributed by atoms with Gasteiger partial charge in [0.2, 0.25) is 5.91 Å². The summed E-state index contributed by atoms with van der Waals surface area (Å²) in [6.45, 7) is 2.17. The van der Waals surface area contributed by atoms with E-state index in [1.54, 1.807) is 4.90 Å². The van der Waals surface area contributed by atoms with Crippen LogP contribution < -0.4 is 15.2 Å². The van der Waals surface area contributed by atoms with Crippen molar-refractivity contribution in [3.8, 4) is 11.5 Å². The Kier molecular flexibility index (Phi) is 3.30. The monoisotopic (exact) mass is 276 g/mol. The number of rotatable bonds is 4. The molecule has 1 saturated carbocycles. The van der Waals surface area contributed by atoms with Crippen LogP contribution >= 0.6 is 0 Å². The zero-order valence-electron chi connectivity index (χ0n) is 11.7. The average molecular weight is 276 g/mol. The second kappa shape index (κ2) is 4.98. The maximum Gasteiger partial charge on any atom is 0.230 e. The summed E-state index contributed by atoms with van der Waals surface area (Å²) >= 11 is 0. The quantitative estimate of drug-likeness (QED) is 0.896. The first-order valence-electron chi connectivity index (χ1n) is 6.99. The predicted molar refractivity (Wildman–Crippen MR) is 74.6 cm³/mol. The van der Waals surface area contributed by atoms with Crippen molar-refractivity contribution in [1.82, 2.24) is 4.90 Å². The van der Waals surface area contributed by atoms with Gasteiger partial charge in [0.1, 0.15) is 13.2 Å². The molecular weight excluding hydrogens is 256 g/mol. The highest BCUT2D eigenvalue weighted by Crippen LogP contribution is 2.46. The Morgan fingerprint density at radius 1 is 1.30 bits per heavy atom. The molecule has 3 rings (SSSR count). The highest BCUT2D eigenvalue weighted by Gasteiger charge is 2.49. The number of fused-ring (bicyclic) bond motifs is 1.